The number of benzene rings is 9. The molecule has 0 atom stereocenters. The molecule has 0 aliphatic rings. The van der Waals surface area contributed by atoms with Crippen LogP contribution >= 0.6 is 0 Å². The van der Waals surface area contributed by atoms with Crippen LogP contribution in [-0.4, -0.2) is 0 Å². The van der Waals surface area contributed by atoms with Crippen LogP contribution in [0.3, 0.4) is 0 Å². The van der Waals surface area contributed by atoms with Crippen molar-refractivity contribution in [3.8, 4) is 47.4 Å². The van der Waals surface area contributed by atoms with Gasteiger partial charge in [-0.15, -0.1) is 0 Å². The van der Waals surface area contributed by atoms with E-state index in [1.54, 1.807) is 0 Å². The molecule has 0 amide bonds. The number of fused-ring (bicyclic) bond motifs is 4. The second kappa shape index (κ2) is 24.0. The lowest BCUT2D eigenvalue weighted by Gasteiger charge is -2.10. The van der Waals surface area contributed by atoms with Gasteiger partial charge in [0, 0.05) is 44.5 Å². The van der Waals surface area contributed by atoms with Gasteiger partial charge in [0.25, 0.3) is 0 Å². The lowest BCUT2D eigenvalue weighted by Crippen LogP contribution is -1.91. The summed E-state index contributed by atoms with van der Waals surface area (Å²) in [5.74, 6) is 28.6. The smallest absolute Gasteiger partial charge is 0.0406 e. The molecule has 0 radical (unpaired) electrons. The summed E-state index contributed by atoms with van der Waals surface area (Å²) in [6.07, 6.45) is 18.0. The number of unbranched alkanes of at least 4 members (excludes halogenated alkanes) is 10. The van der Waals surface area contributed by atoms with Crippen LogP contribution in [0.5, 0.6) is 0 Å². The molecule has 0 saturated heterocycles. The van der Waals surface area contributed by atoms with E-state index in [0.717, 1.165) is 100 Å². The molecule has 0 aliphatic heterocycles. The predicted octanol–water partition coefficient (Wildman–Crippen LogP) is 17.7. The molecule has 0 nitrogen and oxygen atoms in total. The van der Waals surface area contributed by atoms with Crippen molar-refractivity contribution in [1.82, 2.24) is 0 Å². The fraction of sp³-hybridized carbons (Fsp3) is 0.229. The highest BCUT2D eigenvalue weighted by Crippen LogP contribution is 2.34. The molecular formula is C70H62. The van der Waals surface area contributed by atoms with Crippen LogP contribution in [0, 0.1) is 47.4 Å². The minimum absolute atomic E-state index is 0.916. The molecule has 0 spiro atoms. The molecule has 0 fully saturated rings. The summed E-state index contributed by atoms with van der Waals surface area (Å²) >= 11 is 0. The van der Waals surface area contributed by atoms with Gasteiger partial charge in [-0.3, -0.25) is 0 Å². The monoisotopic (exact) mass is 902 g/mol. The van der Waals surface area contributed by atoms with Gasteiger partial charge in [0.2, 0.25) is 0 Å². The molecule has 0 bridgehead atoms. The van der Waals surface area contributed by atoms with Crippen LogP contribution in [0.25, 0.3) is 43.1 Å². The normalized spacial score (nSPS) is 10.8. The van der Waals surface area contributed by atoms with E-state index in [-0.39, 0.29) is 0 Å². The van der Waals surface area contributed by atoms with E-state index in [4.69, 9.17) is 0 Å². The zero-order chi connectivity index (χ0) is 47.7. The van der Waals surface area contributed by atoms with Crippen molar-refractivity contribution in [3.05, 3.63) is 225 Å². The zero-order valence-corrected chi connectivity index (χ0v) is 41.1. The second-order valence-electron chi connectivity index (χ2n) is 18.7. The van der Waals surface area contributed by atoms with Crippen molar-refractivity contribution in [2.75, 3.05) is 0 Å². The van der Waals surface area contributed by atoms with E-state index in [1.807, 2.05) is 0 Å². The van der Waals surface area contributed by atoms with Gasteiger partial charge in [0.15, 0.2) is 0 Å². The Morgan fingerprint density at radius 1 is 0.243 bits per heavy atom. The molecule has 9 aromatic carbocycles. The molecule has 9 aromatic rings. The van der Waals surface area contributed by atoms with Crippen LogP contribution in [0.2, 0.25) is 0 Å². The summed E-state index contributed by atoms with van der Waals surface area (Å²) in [4.78, 5) is 0. The standard InChI is InChI=1S/C70H62/c1-3-5-7-9-11-13-24-53-36-40-55(41-37-53)44-48-67-59-28-15-19-32-63(59)69(64-33-20-16-29-60(64)67)50-46-57-26-23-27-58(52-57)47-51-70-65-34-21-17-30-61(65)68(62-31-18-22-35-66(62)70)49-45-56-42-38-54(39-43-56)25-14-12-10-8-6-4-2/h15-23,26-43,52H,3-14,24-25H2,1-2H3. The third-order valence-corrected chi connectivity index (χ3v) is 13.6. The molecule has 342 valence electrons. The molecule has 0 heteroatoms. The van der Waals surface area contributed by atoms with Gasteiger partial charge in [-0.25, -0.2) is 0 Å². The van der Waals surface area contributed by atoms with Crippen molar-refractivity contribution in [1.29, 1.82) is 0 Å². The SMILES string of the molecule is CCCCCCCCc1ccc(C#Cc2c3ccccc3c(C#Cc3cccc(C#Cc4c5ccccc5c(C#Cc5ccc(CCCCCCCC)cc5)c5ccccc45)c3)c3ccccc23)cc1. The van der Waals surface area contributed by atoms with Crippen molar-refractivity contribution < 1.29 is 0 Å². The number of aryl methyl sites for hydroxylation is 2. The first-order valence-corrected chi connectivity index (χ1v) is 25.9. The Bertz CT molecular complexity index is 3170. The van der Waals surface area contributed by atoms with Gasteiger partial charge in [0.05, 0.1) is 0 Å². The van der Waals surface area contributed by atoms with E-state index in [0.29, 0.717) is 0 Å². The van der Waals surface area contributed by atoms with Gasteiger partial charge < -0.3 is 0 Å². The van der Waals surface area contributed by atoms with Crippen LogP contribution in [0.15, 0.2) is 170 Å². The quantitative estimate of drug-likeness (QED) is 0.0579. The van der Waals surface area contributed by atoms with Gasteiger partial charge in [-0.05, 0) is 122 Å². The van der Waals surface area contributed by atoms with Crippen molar-refractivity contribution in [2.45, 2.75) is 104 Å². The van der Waals surface area contributed by atoms with E-state index in [2.05, 4.69) is 231 Å². The number of hydrogen-bond acceptors (Lipinski definition) is 0. The van der Waals surface area contributed by atoms with Crippen LogP contribution in [0.4, 0.5) is 0 Å². The molecule has 0 saturated carbocycles. The molecule has 70 heavy (non-hydrogen) atoms. The molecule has 0 unspecified atom stereocenters. The van der Waals surface area contributed by atoms with Crippen LogP contribution in [-0.2, 0) is 12.8 Å². The molecular weight excluding hydrogens is 841 g/mol. The van der Waals surface area contributed by atoms with E-state index in [9.17, 15) is 0 Å². The minimum atomic E-state index is 0.916. The zero-order valence-electron chi connectivity index (χ0n) is 41.1. The Balaban J connectivity index is 0.976. The summed E-state index contributed by atoms with van der Waals surface area (Å²) < 4.78 is 0. The average Bonchev–Trinajstić information content (AvgIpc) is 3.41. The van der Waals surface area contributed by atoms with Crippen LogP contribution < -0.4 is 0 Å². The van der Waals surface area contributed by atoms with Crippen molar-refractivity contribution in [2.24, 2.45) is 0 Å². The first-order chi connectivity index (χ1) is 34.7. The lowest BCUT2D eigenvalue weighted by atomic mass is 9.91. The maximum atomic E-state index is 3.62. The van der Waals surface area contributed by atoms with E-state index in [1.165, 1.54) is 88.2 Å². The first-order valence-electron chi connectivity index (χ1n) is 25.9. The van der Waals surface area contributed by atoms with Gasteiger partial charge in [-0.1, -0.05) is 253 Å². The number of rotatable bonds is 14. The third kappa shape index (κ3) is 11.7. The van der Waals surface area contributed by atoms with E-state index >= 15 is 0 Å². The molecule has 0 aromatic heterocycles. The Hall–Kier alpha value is -7.74. The molecule has 0 aliphatic carbocycles. The summed E-state index contributed by atoms with van der Waals surface area (Å²) in [5, 5.41) is 8.86. The summed E-state index contributed by atoms with van der Waals surface area (Å²) in [7, 11) is 0. The summed E-state index contributed by atoms with van der Waals surface area (Å²) in [6.45, 7) is 4.55. The molecule has 0 heterocycles. The summed E-state index contributed by atoms with van der Waals surface area (Å²) in [5.41, 5.74) is 10.8. The van der Waals surface area contributed by atoms with Crippen molar-refractivity contribution in [3.63, 3.8) is 0 Å². The Labute approximate surface area is 417 Å². The fourth-order valence-corrected chi connectivity index (χ4v) is 9.74. The second-order valence-corrected chi connectivity index (χ2v) is 18.7. The van der Waals surface area contributed by atoms with Gasteiger partial charge >= 0.3 is 0 Å². The Morgan fingerprint density at radius 3 is 0.814 bits per heavy atom. The highest BCUT2D eigenvalue weighted by Gasteiger charge is 2.13. The highest BCUT2D eigenvalue weighted by molar-refractivity contribution is 6.11. The molecule has 9 rings (SSSR count). The maximum Gasteiger partial charge on any atom is 0.0406 e. The predicted molar refractivity (Wildman–Crippen MR) is 300 cm³/mol. The third-order valence-electron chi connectivity index (χ3n) is 13.6. The first kappa shape index (κ1) is 47.3. The molecule has 0 N–H and O–H groups in total. The van der Waals surface area contributed by atoms with Gasteiger partial charge in [0.1, 0.15) is 0 Å². The highest BCUT2D eigenvalue weighted by atomic mass is 14.2. The largest absolute Gasteiger partial charge is 0.0654 e. The lowest BCUT2D eigenvalue weighted by molar-refractivity contribution is 0.607. The number of hydrogen-bond donors (Lipinski definition) is 0. The van der Waals surface area contributed by atoms with Gasteiger partial charge in [-0.2, -0.15) is 0 Å². The fourth-order valence-electron chi connectivity index (χ4n) is 9.74. The topological polar surface area (TPSA) is 0 Å². The Morgan fingerprint density at radius 2 is 0.514 bits per heavy atom. The maximum absolute atomic E-state index is 3.62. The average molecular weight is 903 g/mol. The Kier molecular flexibility index (Phi) is 16.2. The van der Waals surface area contributed by atoms with Crippen LogP contribution in [0.1, 0.15) is 147 Å². The summed E-state index contributed by atoms with van der Waals surface area (Å²) in [6, 6.07) is 60.2. The van der Waals surface area contributed by atoms with E-state index < -0.39 is 0 Å². The minimum Gasteiger partial charge on any atom is -0.0654 e. The van der Waals surface area contributed by atoms with Crippen molar-refractivity contribution >= 4 is 43.1 Å².